The highest BCUT2D eigenvalue weighted by atomic mass is 16.5. The summed E-state index contributed by atoms with van der Waals surface area (Å²) in [5, 5.41) is 0. The Kier molecular flexibility index (Phi) is 5.21. The van der Waals surface area contributed by atoms with Gasteiger partial charge < -0.3 is 20.1 Å². The number of anilines is 2. The molecule has 2 N–H and O–H groups in total. The number of hydrogen-bond donors (Lipinski definition) is 1. The predicted molar refractivity (Wildman–Crippen MR) is 117 cm³/mol. The number of benzene rings is 1. The van der Waals surface area contributed by atoms with Crippen molar-refractivity contribution in [1.82, 2.24) is 9.97 Å². The second-order valence-corrected chi connectivity index (χ2v) is 8.67. The van der Waals surface area contributed by atoms with E-state index in [4.69, 9.17) is 15.2 Å². The standard InChI is InChI=1S/C23H27N5O4/c1-31-21(29)23(8-9-23)19-12-20(26-14-25-19)27-10-11-32-18(13-27)15-2-4-16(5-3-15)28(22(24)30)17-6-7-17/h2-5,12,14,17-18H,6-11,13H2,1H3,(H2,24,30). The maximum atomic E-state index is 12.2. The van der Waals surface area contributed by atoms with Crippen LogP contribution in [0.15, 0.2) is 36.7 Å². The summed E-state index contributed by atoms with van der Waals surface area (Å²) in [6.45, 7) is 1.89. The molecule has 168 valence electrons. The zero-order valence-electron chi connectivity index (χ0n) is 18.1. The largest absolute Gasteiger partial charge is 0.468 e. The van der Waals surface area contributed by atoms with Gasteiger partial charge in [-0.05, 0) is 43.4 Å². The van der Waals surface area contributed by atoms with Gasteiger partial charge in [-0.1, -0.05) is 12.1 Å². The van der Waals surface area contributed by atoms with Crippen LogP contribution in [0, 0.1) is 0 Å². The molecule has 5 rings (SSSR count). The lowest BCUT2D eigenvalue weighted by Crippen LogP contribution is -2.39. The lowest BCUT2D eigenvalue weighted by Gasteiger charge is -2.34. The third-order valence-electron chi connectivity index (χ3n) is 6.55. The quantitative estimate of drug-likeness (QED) is 0.690. The summed E-state index contributed by atoms with van der Waals surface area (Å²) in [5.41, 5.74) is 7.50. The minimum absolute atomic E-state index is 0.130. The molecule has 1 atom stereocenters. The topological polar surface area (TPSA) is 111 Å². The van der Waals surface area contributed by atoms with Crippen LogP contribution in [0.2, 0.25) is 0 Å². The average molecular weight is 438 g/mol. The molecule has 9 heteroatoms. The fourth-order valence-electron chi connectivity index (χ4n) is 4.43. The number of primary amides is 1. The Morgan fingerprint density at radius 1 is 1.22 bits per heavy atom. The zero-order chi connectivity index (χ0) is 22.3. The number of amides is 2. The van der Waals surface area contributed by atoms with Crippen LogP contribution < -0.4 is 15.5 Å². The fraction of sp³-hybridized carbons (Fsp3) is 0.478. The van der Waals surface area contributed by atoms with E-state index in [0.717, 1.165) is 42.8 Å². The number of nitrogens with two attached hydrogens (primary N) is 1. The highest BCUT2D eigenvalue weighted by Crippen LogP contribution is 2.48. The second kappa shape index (κ2) is 8.05. The van der Waals surface area contributed by atoms with Crippen molar-refractivity contribution >= 4 is 23.5 Å². The number of morpholine rings is 1. The van der Waals surface area contributed by atoms with E-state index in [-0.39, 0.29) is 18.1 Å². The normalized spacial score (nSPS) is 21.7. The number of carbonyl (C=O) groups is 2. The Morgan fingerprint density at radius 2 is 1.97 bits per heavy atom. The molecule has 3 fully saturated rings. The van der Waals surface area contributed by atoms with Gasteiger partial charge in [0.2, 0.25) is 0 Å². The summed E-state index contributed by atoms with van der Waals surface area (Å²) in [4.78, 5) is 36.7. The number of methoxy groups -OCH3 is 1. The van der Waals surface area contributed by atoms with Gasteiger partial charge in [0.05, 0.1) is 19.4 Å². The summed E-state index contributed by atoms with van der Waals surface area (Å²) < 4.78 is 11.0. The van der Waals surface area contributed by atoms with Crippen molar-refractivity contribution in [2.75, 3.05) is 36.6 Å². The maximum absolute atomic E-state index is 12.2. The average Bonchev–Trinajstić information content (AvgIpc) is 3.74. The molecule has 2 aromatic rings. The van der Waals surface area contributed by atoms with E-state index in [1.54, 1.807) is 4.90 Å². The van der Waals surface area contributed by atoms with Crippen LogP contribution in [0.3, 0.4) is 0 Å². The number of urea groups is 1. The van der Waals surface area contributed by atoms with Gasteiger partial charge in [0, 0.05) is 30.9 Å². The van der Waals surface area contributed by atoms with Crippen molar-refractivity contribution in [3.63, 3.8) is 0 Å². The third kappa shape index (κ3) is 3.77. The van der Waals surface area contributed by atoms with Crippen molar-refractivity contribution in [2.45, 2.75) is 43.2 Å². The molecule has 0 spiro atoms. The van der Waals surface area contributed by atoms with E-state index in [2.05, 4.69) is 14.9 Å². The van der Waals surface area contributed by atoms with Crippen LogP contribution >= 0.6 is 0 Å². The molecule has 1 saturated heterocycles. The van der Waals surface area contributed by atoms with Crippen LogP contribution in [0.5, 0.6) is 0 Å². The third-order valence-corrected chi connectivity index (χ3v) is 6.55. The molecular weight excluding hydrogens is 410 g/mol. The van der Waals surface area contributed by atoms with E-state index < -0.39 is 11.4 Å². The van der Waals surface area contributed by atoms with Crippen molar-refractivity contribution in [1.29, 1.82) is 0 Å². The molecule has 32 heavy (non-hydrogen) atoms. The first-order valence-corrected chi connectivity index (χ1v) is 11.0. The predicted octanol–water partition coefficient (Wildman–Crippen LogP) is 2.31. The van der Waals surface area contributed by atoms with Gasteiger partial charge in [0.1, 0.15) is 23.7 Å². The van der Waals surface area contributed by atoms with Crippen LogP contribution in [-0.2, 0) is 19.7 Å². The van der Waals surface area contributed by atoms with Crippen molar-refractivity contribution < 1.29 is 19.1 Å². The summed E-state index contributed by atoms with van der Waals surface area (Å²) in [7, 11) is 1.41. The molecule has 3 aliphatic rings. The molecule has 2 saturated carbocycles. The lowest BCUT2D eigenvalue weighted by atomic mass is 10.0. The van der Waals surface area contributed by atoms with Crippen molar-refractivity contribution in [3.8, 4) is 0 Å². The Morgan fingerprint density at radius 3 is 2.59 bits per heavy atom. The molecule has 2 aliphatic carbocycles. The fourth-order valence-corrected chi connectivity index (χ4v) is 4.43. The van der Waals surface area contributed by atoms with Gasteiger partial charge in [-0.15, -0.1) is 0 Å². The van der Waals surface area contributed by atoms with E-state index in [1.165, 1.54) is 13.4 Å². The van der Waals surface area contributed by atoms with Gasteiger partial charge >= 0.3 is 12.0 Å². The monoisotopic (exact) mass is 437 g/mol. The number of carbonyl (C=O) groups excluding carboxylic acids is 2. The Balaban J connectivity index is 1.31. The molecule has 0 radical (unpaired) electrons. The van der Waals surface area contributed by atoms with Crippen LogP contribution in [0.1, 0.15) is 43.0 Å². The molecule has 1 aromatic heterocycles. The highest BCUT2D eigenvalue weighted by Gasteiger charge is 2.54. The van der Waals surface area contributed by atoms with Crippen molar-refractivity contribution in [3.05, 3.63) is 47.9 Å². The van der Waals surface area contributed by atoms with E-state index in [1.807, 2.05) is 30.3 Å². The van der Waals surface area contributed by atoms with Gasteiger partial charge in [0.25, 0.3) is 0 Å². The smallest absolute Gasteiger partial charge is 0.319 e. The second-order valence-electron chi connectivity index (χ2n) is 8.67. The van der Waals surface area contributed by atoms with Crippen molar-refractivity contribution in [2.24, 2.45) is 5.73 Å². The first-order chi connectivity index (χ1) is 15.5. The molecule has 2 heterocycles. The maximum Gasteiger partial charge on any atom is 0.319 e. The summed E-state index contributed by atoms with van der Waals surface area (Å²) >= 11 is 0. The summed E-state index contributed by atoms with van der Waals surface area (Å²) in [6, 6.07) is 9.53. The number of hydrogen-bond acceptors (Lipinski definition) is 7. The zero-order valence-corrected chi connectivity index (χ0v) is 18.1. The van der Waals surface area contributed by atoms with E-state index in [9.17, 15) is 9.59 Å². The van der Waals surface area contributed by atoms with Crippen LogP contribution in [-0.4, -0.2) is 54.8 Å². The highest BCUT2D eigenvalue weighted by molar-refractivity contribution is 5.91. The lowest BCUT2D eigenvalue weighted by molar-refractivity contribution is -0.143. The van der Waals surface area contributed by atoms with Crippen LogP contribution in [0.25, 0.3) is 0 Å². The minimum atomic E-state index is -0.623. The number of ether oxygens (including phenoxy) is 2. The molecule has 0 bridgehead atoms. The minimum Gasteiger partial charge on any atom is -0.468 e. The Bertz CT molecular complexity index is 1020. The van der Waals surface area contributed by atoms with Gasteiger partial charge in [0.15, 0.2) is 0 Å². The Hall–Kier alpha value is -3.20. The number of nitrogens with zero attached hydrogens (tertiary/aromatic N) is 4. The molecule has 9 nitrogen and oxygen atoms in total. The number of esters is 1. The number of aromatic nitrogens is 2. The van der Waals surface area contributed by atoms with Crippen LogP contribution in [0.4, 0.5) is 16.3 Å². The SMILES string of the molecule is COC(=O)C1(c2cc(N3CCOC(c4ccc(N(C(N)=O)C5CC5)cc4)C3)ncn2)CC1. The van der Waals surface area contributed by atoms with Gasteiger partial charge in [-0.3, -0.25) is 9.69 Å². The van der Waals surface area contributed by atoms with Gasteiger partial charge in [-0.2, -0.15) is 0 Å². The molecule has 1 aromatic carbocycles. The number of rotatable bonds is 6. The molecule has 1 aliphatic heterocycles. The Labute approximate surface area is 186 Å². The molecular formula is C23H27N5O4. The first kappa shape index (κ1) is 20.7. The molecule has 1 unspecified atom stereocenters. The molecule has 2 amide bonds. The summed E-state index contributed by atoms with van der Waals surface area (Å²) in [6.07, 6.45) is 4.86. The van der Waals surface area contributed by atoms with E-state index in [0.29, 0.717) is 25.4 Å². The van der Waals surface area contributed by atoms with E-state index >= 15 is 0 Å². The first-order valence-electron chi connectivity index (χ1n) is 11.0. The van der Waals surface area contributed by atoms with Gasteiger partial charge in [-0.25, -0.2) is 14.8 Å². The summed E-state index contributed by atoms with van der Waals surface area (Å²) in [5.74, 6) is 0.544.